The van der Waals surface area contributed by atoms with Crippen LogP contribution in [0.15, 0.2) is 71.3 Å². The number of hydrogen-bond donors (Lipinski definition) is 1. The van der Waals surface area contributed by atoms with Gasteiger partial charge in [-0.25, -0.2) is 0 Å². The molecule has 1 N–H and O–H groups in total. The summed E-state index contributed by atoms with van der Waals surface area (Å²) in [6, 6.07) is 18.6. The fourth-order valence-electron chi connectivity index (χ4n) is 4.28. The van der Waals surface area contributed by atoms with E-state index in [1.54, 1.807) is 17.0 Å². The molecule has 0 bridgehead atoms. The first-order valence-corrected chi connectivity index (χ1v) is 11.3. The number of nitrogens with one attached hydrogen (secondary N) is 1. The van der Waals surface area contributed by atoms with Gasteiger partial charge in [0, 0.05) is 12.6 Å². The summed E-state index contributed by atoms with van der Waals surface area (Å²) in [7, 11) is 0. The molecule has 2 aromatic carbocycles. The predicted octanol–water partition coefficient (Wildman–Crippen LogP) is 5.34. The number of carbonyl (C=O) groups is 2. The van der Waals surface area contributed by atoms with E-state index in [9.17, 15) is 9.59 Å². The summed E-state index contributed by atoms with van der Waals surface area (Å²) in [5.41, 5.74) is 4.00. The van der Waals surface area contributed by atoms with Crippen molar-refractivity contribution in [1.82, 2.24) is 10.2 Å². The van der Waals surface area contributed by atoms with Gasteiger partial charge in [-0.2, -0.15) is 0 Å². The number of nitrogens with zero attached hydrogens (tertiary/aromatic N) is 1. The van der Waals surface area contributed by atoms with Crippen molar-refractivity contribution in [3.05, 3.63) is 94.9 Å². The number of benzene rings is 2. The first kappa shape index (κ1) is 21.9. The molecule has 32 heavy (non-hydrogen) atoms. The van der Waals surface area contributed by atoms with Crippen molar-refractivity contribution in [3.63, 3.8) is 0 Å². The third-order valence-electron chi connectivity index (χ3n) is 6.12. The summed E-state index contributed by atoms with van der Waals surface area (Å²) in [4.78, 5) is 28.8. The highest BCUT2D eigenvalue weighted by atomic mass is 16.3. The highest BCUT2D eigenvalue weighted by Crippen LogP contribution is 2.28. The van der Waals surface area contributed by atoms with Crippen molar-refractivity contribution < 1.29 is 14.0 Å². The average Bonchev–Trinajstić information content (AvgIpc) is 3.50. The number of rotatable bonds is 7. The Morgan fingerprint density at radius 1 is 0.969 bits per heavy atom. The molecule has 1 aliphatic carbocycles. The Morgan fingerprint density at radius 3 is 2.19 bits per heavy atom. The molecule has 1 unspecified atom stereocenters. The SMILES string of the molecule is Cc1ccc(CN(C(=O)c2ccco2)C(C(=O)NC2CCCC2)c2ccc(C)cc2)cc1. The van der Waals surface area contributed by atoms with Gasteiger partial charge in [0.1, 0.15) is 6.04 Å². The molecule has 2 amide bonds. The van der Waals surface area contributed by atoms with Crippen LogP contribution in [0.1, 0.15) is 64.5 Å². The maximum absolute atomic E-state index is 13.6. The molecule has 1 fully saturated rings. The minimum Gasteiger partial charge on any atom is -0.459 e. The molecule has 1 atom stereocenters. The maximum Gasteiger partial charge on any atom is 0.290 e. The van der Waals surface area contributed by atoms with Crippen molar-refractivity contribution in [2.24, 2.45) is 0 Å². The number of furan rings is 1. The Hall–Kier alpha value is -3.34. The Kier molecular flexibility index (Phi) is 6.74. The standard InChI is InChI=1S/C27H30N2O3/c1-19-9-13-21(14-10-19)18-29(27(31)24-8-5-17-32-24)25(22-15-11-20(2)12-16-22)26(30)28-23-6-3-4-7-23/h5,8-17,23,25H,3-4,6-7,18H2,1-2H3,(H,28,30). The Balaban J connectivity index is 1.73. The summed E-state index contributed by atoms with van der Waals surface area (Å²) in [5.74, 6) is -0.224. The van der Waals surface area contributed by atoms with Crippen molar-refractivity contribution >= 4 is 11.8 Å². The van der Waals surface area contributed by atoms with Crippen LogP contribution in [-0.2, 0) is 11.3 Å². The zero-order valence-electron chi connectivity index (χ0n) is 18.7. The van der Waals surface area contributed by atoms with Gasteiger partial charge >= 0.3 is 0 Å². The van der Waals surface area contributed by atoms with Gasteiger partial charge in [0.25, 0.3) is 5.91 Å². The normalized spacial score (nSPS) is 14.8. The lowest BCUT2D eigenvalue weighted by molar-refractivity contribution is -0.126. The van der Waals surface area contributed by atoms with E-state index in [0.29, 0.717) is 6.54 Å². The second-order valence-electron chi connectivity index (χ2n) is 8.70. The van der Waals surface area contributed by atoms with Crippen LogP contribution in [0, 0.1) is 13.8 Å². The number of amides is 2. The monoisotopic (exact) mass is 430 g/mol. The summed E-state index contributed by atoms with van der Waals surface area (Å²) < 4.78 is 5.43. The van der Waals surface area contributed by atoms with Gasteiger partial charge in [0.15, 0.2) is 5.76 Å². The number of hydrogen-bond acceptors (Lipinski definition) is 3. The topological polar surface area (TPSA) is 62.6 Å². The van der Waals surface area contributed by atoms with E-state index in [4.69, 9.17) is 4.42 Å². The van der Waals surface area contributed by atoms with Gasteiger partial charge in [-0.15, -0.1) is 0 Å². The van der Waals surface area contributed by atoms with Gasteiger partial charge in [0.2, 0.25) is 5.91 Å². The zero-order chi connectivity index (χ0) is 22.5. The smallest absolute Gasteiger partial charge is 0.290 e. The van der Waals surface area contributed by atoms with Crippen LogP contribution in [0.5, 0.6) is 0 Å². The molecule has 0 spiro atoms. The lowest BCUT2D eigenvalue weighted by Gasteiger charge is -2.32. The van der Waals surface area contributed by atoms with Crippen LogP contribution in [0.25, 0.3) is 0 Å². The Morgan fingerprint density at radius 2 is 1.59 bits per heavy atom. The highest BCUT2D eigenvalue weighted by molar-refractivity contribution is 5.96. The van der Waals surface area contributed by atoms with E-state index in [1.807, 2.05) is 62.4 Å². The largest absolute Gasteiger partial charge is 0.459 e. The summed E-state index contributed by atoms with van der Waals surface area (Å²) in [6.07, 6.45) is 5.70. The summed E-state index contributed by atoms with van der Waals surface area (Å²) in [6.45, 7) is 4.34. The molecular formula is C27H30N2O3. The molecule has 1 heterocycles. The first-order valence-electron chi connectivity index (χ1n) is 11.3. The van der Waals surface area contributed by atoms with Gasteiger partial charge in [-0.3, -0.25) is 9.59 Å². The average molecular weight is 431 g/mol. The van der Waals surface area contributed by atoms with Crippen LogP contribution in [-0.4, -0.2) is 22.8 Å². The van der Waals surface area contributed by atoms with Gasteiger partial charge in [-0.1, -0.05) is 72.5 Å². The molecule has 0 aliphatic heterocycles. The first-order chi connectivity index (χ1) is 15.5. The lowest BCUT2D eigenvalue weighted by atomic mass is 10.0. The second-order valence-corrected chi connectivity index (χ2v) is 8.70. The van der Waals surface area contributed by atoms with Gasteiger partial charge < -0.3 is 14.6 Å². The van der Waals surface area contributed by atoms with Crippen LogP contribution in [0.4, 0.5) is 0 Å². The van der Waals surface area contributed by atoms with Crippen molar-refractivity contribution in [3.8, 4) is 0 Å². The fourth-order valence-corrected chi connectivity index (χ4v) is 4.28. The molecule has 1 aliphatic rings. The van der Waals surface area contributed by atoms with Gasteiger partial charge in [0.05, 0.1) is 6.26 Å². The molecule has 3 aromatic rings. The van der Waals surface area contributed by atoms with Crippen LogP contribution >= 0.6 is 0 Å². The zero-order valence-corrected chi connectivity index (χ0v) is 18.7. The van der Waals surface area contributed by atoms with Crippen molar-refractivity contribution in [2.75, 3.05) is 0 Å². The maximum atomic E-state index is 13.6. The quantitative estimate of drug-likeness (QED) is 0.550. The van der Waals surface area contributed by atoms with Crippen LogP contribution < -0.4 is 5.32 Å². The Bertz CT molecular complexity index is 1030. The van der Waals surface area contributed by atoms with E-state index in [1.165, 1.54) is 6.26 Å². The van der Waals surface area contributed by atoms with E-state index in [-0.39, 0.29) is 23.6 Å². The molecule has 4 rings (SSSR count). The molecule has 1 aromatic heterocycles. The predicted molar refractivity (Wildman–Crippen MR) is 124 cm³/mol. The molecule has 5 nitrogen and oxygen atoms in total. The Labute approximate surface area is 189 Å². The second kappa shape index (κ2) is 9.86. The summed E-state index contributed by atoms with van der Waals surface area (Å²) in [5, 5.41) is 3.20. The molecule has 0 saturated heterocycles. The minimum atomic E-state index is -0.755. The highest BCUT2D eigenvalue weighted by Gasteiger charge is 2.34. The van der Waals surface area contributed by atoms with E-state index in [0.717, 1.165) is 47.9 Å². The van der Waals surface area contributed by atoms with E-state index >= 15 is 0 Å². The molecule has 166 valence electrons. The third kappa shape index (κ3) is 5.10. The van der Waals surface area contributed by atoms with E-state index in [2.05, 4.69) is 5.32 Å². The number of carbonyl (C=O) groups excluding carboxylic acids is 2. The third-order valence-corrected chi connectivity index (χ3v) is 6.12. The van der Waals surface area contributed by atoms with Crippen LogP contribution in [0.2, 0.25) is 0 Å². The van der Waals surface area contributed by atoms with Crippen molar-refractivity contribution in [1.29, 1.82) is 0 Å². The summed E-state index contributed by atoms with van der Waals surface area (Å²) >= 11 is 0. The van der Waals surface area contributed by atoms with E-state index < -0.39 is 6.04 Å². The lowest BCUT2D eigenvalue weighted by Crippen LogP contribution is -2.45. The molecular weight excluding hydrogens is 400 g/mol. The number of aryl methyl sites for hydroxylation is 2. The molecule has 1 saturated carbocycles. The molecule has 5 heteroatoms. The fraction of sp³-hybridized carbons (Fsp3) is 0.333. The minimum absolute atomic E-state index is 0.146. The van der Waals surface area contributed by atoms with Gasteiger partial charge in [-0.05, 0) is 49.9 Å². The molecule has 0 radical (unpaired) electrons. The van der Waals surface area contributed by atoms with Crippen LogP contribution in [0.3, 0.4) is 0 Å². The van der Waals surface area contributed by atoms with Crippen molar-refractivity contribution in [2.45, 2.75) is 58.2 Å².